The molecular formula is C15H19NO3. The average Bonchev–Trinajstić information content (AvgIpc) is 2.99. The van der Waals surface area contributed by atoms with E-state index in [1.54, 1.807) is 0 Å². The molecule has 0 aromatic heterocycles. The van der Waals surface area contributed by atoms with Crippen molar-refractivity contribution in [3.63, 3.8) is 0 Å². The van der Waals surface area contributed by atoms with Crippen molar-refractivity contribution < 1.29 is 14.6 Å². The molecule has 1 aromatic carbocycles. The molecular weight excluding hydrogens is 242 g/mol. The number of fused-ring (bicyclic) bond motifs is 1. The fourth-order valence-corrected chi connectivity index (χ4v) is 3.18. The van der Waals surface area contributed by atoms with Gasteiger partial charge >= 0.3 is 5.97 Å². The average molecular weight is 261 g/mol. The van der Waals surface area contributed by atoms with Gasteiger partial charge in [0.25, 0.3) is 0 Å². The first-order valence-electron chi connectivity index (χ1n) is 6.91. The van der Waals surface area contributed by atoms with Crippen LogP contribution >= 0.6 is 0 Å². The number of hydrogen-bond donors (Lipinski definition) is 1. The summed E-state index contributed by atoms with van der Waals surface area (Å²) in [5.41, 5.74) is 2.35. The largest absolute Gasteiger partial charge is 0.481 e. The molecule has 2 heterocycles. The van der Waals surface area contributed by atoms with E-state index >= 15 is 0 Å². The molecule has 1 saturated heterocycles. The summed E-state index contributed by atoms with van der Waals surface area (Å²) in [6.07, 6.45) is 2.76. The molecule has 0 spiro atoms. The van der Waals surface area contributed by atoms with Crippen molar-refractivity contribution in [2.45, 2.75) is 31.3 Å². The van der Waals surface area contributed by atoms with Crippen molar-refractivity contribution in [2.75, 3.05) is 24.6 Å². The summed E-state index contributed by atoms with van der Waals surface area (Å²) in [5.74, 6) is -0.617. The molecule has 0 amide bonds. The summed E-state index contributed by atoms with van der Waals surface area (Å²) < 4.78 is 5.69. The number of ether oxygens (including phenoxy) is 1. The molecule has 1 N–H and O–H groups in total. The smallest absolute Gasteiger partial charge is 0.304 e. The van der Waals surface area contributed by atoms with Gasteiger partial charge in [-0.05, 0) is 24.5 Å². The van der Waals surface area contributed by atoms with Crippen LogP contribution in [0.3, 0.4) is 0 Å². The second-order valence-corrected chi connectivity index (χ2v) is 5.39. The van der Waals surface area contributed by atoms with Gasteiger partial charge in [0.05, 0.1) is 12.5 Å². The molecule has 19 heavy (non-hydrogen) atoms. The van der Waals surface area contributed by atoms with Crippen molar-refractivity contribution in [1.29, 1.82) is 0 Å². The lowest BCUT2D eigenvalue weighted by Gasteiger charge is -2.23. The zero-order valence-corrected chi connectivity index (χ0v) is 10.9. The number of aliphatic carboxylic acids is 1. The van der Waals surface area contributed by atoms with Crippen LogP contribution in [0, 0.1) is 0 Å². The SMILES string of the molecule is O=C(O)CC1CN(CC2CCCO2)c2ccccc21. The Morgan fingerprint density at radius 2 is 2.26 bits per heavy atom. The molecule has 3 rings (SSSR count). The first-order valence-corrected chi connectivity index (χ1v) is 6.91. The monoisotopic (exact) mass is 261 g/mol. The lowest BCUT2D eigenvalue weighted by Crippen LogP contribution is -2.31. The second-order valence-electron chi connectivity index (χ2n) is 5.39. The van der Waals surface area contributed by atoms with Crippen LogP contribution in [0.4, 0.5) is 5.69 Å². The number of nitrogens with zero attached hydrogens (tertiary/aromatic N) is 1. The van der Waals surface area contributed by atoms with E-state index in [1.165, 1.54) is 11.3 Å². The fourth-order valence-electron chi connectivity index (χ4n) is 3.18. The molecule has 4 heteroatoms. The highest BCUT2D eigenvalue weighted by Crippen LogP contribution is 2.38. The van der Waals surface area contributed by atoms with Gasteiger partial charge in [-0.2, -0.15) is 0 Å². The van der Waals surface area contributed by atoms with Crippen molar-refractivity contribution in [1.82, 2.24) is 0 Å². The lowest BCUT2D eigenvalue weighted by atomic mass is 9.98. The Morgan fingerprint density at radius 3 is 3.00 bits per heavy atom. The van der Waals surface area contributed by atoms with Gasteiger partial charge in [0.2, 0.25) is 0 Å². The van der Waals surface area contributed by atoms with Crippen LogP contribution in [0.2, 0.25) is 0 Å². The van der Waals surface area contributed by atoms with Gasteiger partial charge in [0.15, 0.2) is 0 Å². The number of benzene rings is 1. The van der Waals surface area contributed by atoms with Crippen LogP contribution in [0.1, 0.15) is 30.7 Å². The summed E-state index contributed by atoms with van der Waals surface area (Å²) in [7, 11) is 0. The number of hydrogen-bond acceptors (Lipinski definition) is 3. The van der Waals surface area contributed by atoms with Gasteiger partial charge in [-0.15, -0.1) is 0 Å². The quantitative estimate of drug-likeness (QED) is 0.903. The van der Waals surface area contributed by atoms with Gasteiger partial charge in [-0.1, -0.05) is 18.2 Å². The van der Waals surface area contributed by atoms with Crippen LogP contribution in [-0.4, -0.2) is 36.9 Å². The summed E-state index contributed by atoms with van der Waals surface area (Å²) in [4.78, 5) is 13.3. The first kappa shape index (κ1) is 12.5. The van der Waals surface area contributed by atoms with Gasteiger partial charge in [0, 0.05) is 31.3 Å². The van der Waals surface area contributed by atoms with Crippen molar-refractivity contribution in [3.8, 4) is 0 Å². The number of para-hydroxylation sites is 1. The van der Waals surface area contributed by atoms with E-state index in [0.717, 1.165) is 32.5 Å². The summed E-state index contributed by atoms with van der Waals surface area (Å²) in [6, 6.07) is 8.15. The molecule has 2 aliphatic rings. The van der Waals surface area contributed by atoms with Crippen molar-refractivity contribution in [2.24, 2.45) is 0 Å². The summed E-state index contributed by atoms with van der Waals surface area (Å²) in [6.45, 7) is 2.54. The van der Waals surface area contributed by atoms with Crippen LogP contribution < -0.4 is 4.90 Å². The Bertz CT molecular complexity index is 468. The van der Waals surface area contributed by atoms with E-state index in [9.17, 15) is 4.79 Å². The molecule has 2 unspecified atom stereocenters. The van der Waals surface area contributed by atoms with Crippen molar-refractivity contribution in [3.05, 3.63) is 29.8 Å². The molecule has 0 aliphatic carbocycles. The van der Waals surface area contributed by atoms with Crippen molar-refractivity contribution >= 4 is 11.7 Å². The van der Waals surface area contributed by atoms with E-state index in [2.05, 4.69) is 17.0 Å². The zero-order valence-electron chi connectivity index (χ0n) is 10.9. The molecule has 0 bridgehead atoms. The maximum Gasteiger partial charge on any atom is 0.304 e. The Hall–Kier alpha value is -1.55. The van der Waals surface area contributed by atoms with E-state index < -0.39 is 5.97 Å². The third-order valence-electron chi connectivity index (χ3n) is 4.03. The molecule has 102 valence electrons. The minimum absolute atomic E-state index is 0.107. The molecule has 4 nitrogen and oxygen atoms in total. The maximum absolute atomic E-state index is 11.0. The number of anilines is 1. The number of carboxylic acids is 1. The molecule has 0 radical (unpaired) electrons. The first-order chi connectivity index (χ1) is 9.24. The Labute approximate surface area is 113 Å². The van der Waals surface area contributed by atoms with E-state index in [0.29, 0.717) is 6.10 Å². The van der Waals surface area contributed by atoms with Crippen LogP contribution in [-0.2, 0) is 9.53 Å². The lowest BCUT2D eigenvalue weighted by molar-refractivity contribution is -0.137. The minimum Gasteiger partial charge on any atom is -0.481 e. The Morgan fingerprint density at radius 1 is 1.42 bits per heavy atom. The predicted octanol–water partition coefficient (Wildman–Crippen LogP) is 2.24. The van der Waals surface area contributed by atoms with E-state index in [1.807, 2.05) is 12.1 Å². The molecule has 0 saturated carbocycles. The highest BCUT2D eigenvalue weighted by molar-refractivity contribution is 5.71. The predicted molar refractivity (Wildman–Crippen MR) is 72.6 cm³/mol. The number of carboxylic acid groups (broad SMARTS) is 1. The summed E-state index contributed by atoms with van der Waals surface area (Å²) >= 11 is 0. The molecule has 2 aliphatic heterocycles. The zero-order chi connectivity index (χ0) is 13.2. The molecule has 2 atom stereocenters. The van der Waals surface area contributed by atoms with Gasteiger partial charge in [-0.25, -0.2) is 0 Å². The Kier molecular flexibility index (Phi) is 3.42. The van der Waals surface area contributed by atoms with Crippen LogP contribution in [0.25, 0.3) is 0 Å². The third-order valence-corrected chi connectivity index (χ3v) is 4.03. The van der Waals surface area contributed by atoms with Gasteiger partial charge in [-0.3, -0.25) is 4.79 Å². The summed E-state index contributed by atoms with van der Waals surface area (Å²) in [5, 5.41) is 9.03. The number of rotatable bonds is 4. The normalized spacial score (nSPS) is 25.6. The topological polar surface area (TPSA) is 49.8 Å². The van der Waals surface area contributed by atoms with Crippen LogP contribution in [0.15, 0.2) is 24.3 Å². The molecule has 1 aromatic rings. The van der Waals surface area contributed by atoms with E-state index in [4.69, 9.17) is 9.84 Å². The standard InChI is InChI=1S/C15H19NO3/c17-15(18)8-11-9-16(10-12-4-3-7-19-12)14-6-2-1-5-13(11)14/h1-2,5-6,11-12H,3-4,7-10H2,(H,17,18). The second kappa shape index (κ2) is 5.21. The maximum atomic E-state index is 11.0. The third kappa shape index (κ3) is 2.59. The van der Waals surface area contributed by atoms with Crippen LogP contribution in [0.5, 0.6) is 0 Å². The van der Waals surface area contributed by atoms with E-state index in [-0.39, 0.29) is 12.3 Å². The van der Waals surface area contributed by atoms with Gasteiger partial charge < -0.3 is 14.7 Å². The Balaban J connectivity index is 1.77. The number of carbonyl (C=O) groups is 1. The fraction of sp³-hybridized carbons (Fsp3) is 0.533. The molecule has 1 fully saturated rings. The minimum atomic E-state index is -0.723. The van der Waals surface area contributed by atoms with Gasteiger partial charge in [0.1, 0.15) is 0 Å². The highest BCUT2D eigenvalue weighted by atomic mass is 16.5. The highest BCUT2D eigenvalue weighted by Gasteiger charge is 2.31.